The highest BCUT2D eigenvalue weighted by Crippen LogP contribution is 2.29. The number of methoxy groups -OCH3 is 1. The van der Waals surface area contributed by atoms with Crippen LogP contribution >= 0.6 is 0 Å². The van der Waals surface area contributed by atoms with E-state index >= 15 is 0 Å². The quantitative estimate of drug-likeness (QED) is 0.750. The second-order valence-electron chi connectivity index (χ2n) is 5.13. The van der Waals surface area contributed by atoms with Crippen LogP contribution in [0.2, 0.25) is 0 Å². The molecule has 114 valence electrons. The van der Waals surface area contributed by atoms with Crippen molar-refractivity contribution >= 4 is 11.9 Å². The molecule has 0 fully saturated rings. The third-order valence-electron chi connectivity index (χ3n) is 3.21. The molecule has 0 aliphatic carbocycles. The maximum Gasteiger partial charge on any atom is 0.162 e. The molecule has 0 amide bonds. The Morgan fingerprint density at radius 1 is 1.09 bits per heavy atom. The topological polar surface area (TPSA) is 35.5 Å². The van der Waals surface area contributed by atoms with Gasteiger partial charge in [0.25, 0.3) is 0 Å². The highest BCUT2D eigenvalue weighted by Gasteiger charge is 2.05. The first-order valence-electron chi connectivity index (χ1n) is 7.13. The Hall–Kier alpha value is -2.55. The van der Waals surface area contributed by atoms with Crippen LogP contribution in [0.4, 0.5) is 0 Å². The maximum atomic E-state index is 11.0. The lowest BCUT2D eigenvalue weighted by Gasteiger charge is -2.11. The number of allylic oxidation sites excluding steroid dienone is 1. The van der Waals surface area contributed by atoms with Gasteiger partial charge in [-0.05, 0) is 43.2 Å². The summed E-state index contributed by atoms with van der Waals surface area (Å²) >= 11 is 0. The van der Waals surface area contributed by atoms with Crippen molar-refractivity contribution in [3.05, 3.63) is 65.2 Å². The van der Waals surface area contributed by atoms with E-state index in [1.165, 1.54) is 18.6 Å². The summed E-state index contributed by atoms with van der Waals surface area (Å²) in [5.74, 6) is 1.35. The summed E-state index contributed by atoms with van der Waals surface area (Å²) in [6.07, 6.45) is 3.30. The minimum absolute atomic E-state index is 0.0120. The standard InChI is InChI=1S/C19H20O3/c1-14-4-7-17(8-5-14)13-22-19-12-16(9-6-15(2)20)10-11-18(19)21-3/h4-12H,13H2,1-3H3/b9-6+. The molecule has 0 N–H and O–H groups in total. The molecule has 0 unspecified atom stereocenters. The number of carbonyl (C=O) groups excluding carboxylic acids is 1. The highest BCUT2D eigenvalue weighted by atomic mass is 16.5. The van der Waals surface area contributed by atoms with Gasteiger partial charge in [0.05, 0.1) is 7.11 Å². The Morgan fingerprint density at radius 3 is 2.45 bits per heavy atom. The molecule has 2 aromatic rings. The molecule has 0 saturated heterocycles. The summed E-state index contributed by atoms with van der Waals surface area (Å²) in [6.45, 7) is 4.05. The SMILES string of the molecule is COc1ccc(/C=C/C(C)=O)cc1OCc1ccc(C)cc1. The van der Waals surface area contributed by atoms with Crippen molar-refractivity contribution in [2.45, 2.75) is 20.5 Å². The number of ether oxygens (including phenoxy) is 2. The van der Waals surface area contributed by atoms with E-state index in [9.17, 15) is 4.79 Å². The molecule has 0 spiro atoms. The van der Waals surface area contributed by atoms with E-state index in [4.69, 9.17) is 9.47 Å². The van der Waals surface area contributed by atoms with Gasteiger partial charge in [0.1, 0.15) is 6.61 Å². The molecule has 0 aromatic heterocycles. The lowest BCUT2D eigenvalue weighted by molar-refractivity contribution is -0.112. The number of hydrogen-bond acceptors (Lipinski definition) is 3. The fourth-order valence-corrected chi connectivity index (χ4v) is 1.97. The molecule has 0 aliphatic heterocycles. The molecule has 22 heavy (non-hydrogen) atoms. The van der Waals surface area contributed by atoms with Crippen LogP contribution in [0.25, 0.3) is 6.08 Å². The minimum Gasteiger partial charge on any atom is -0.493 e. The molecule has 0 aliphatic rings. The first-order valence-corrected chi connectivity index (χ1v) is 7.13. The average Bonchev–Trinajstić information content (AvgIpc) is 2.52. The fraction of sp³-hybridized carbons (Fsp3) is 0.211. The van der Waals surface area contributed by atoms with E-state index in [1.807, 2.05) is 30.3 Å². The van der Waals surface area contributed by atoms with Gasteiger partial charge in [-0.3, -0.25) is 4.79 Å². The van der Waals surface area contributed by atoms with Crippen LogP contribution in [-0.2, 0) is 11.4 Å². The summed E-state index contributed by atoms with van der Waals surface area (Å²) < 4.78 is 11.2. The van der Waals surface area contributed by atoms with E-state index in [0.717, 1.165) is 11.1 Å². The maximum absolute atomic E-state index is 11.0. The van der Waals surface area contributed by atoms with Crippen LogP contribution in [0, 0.1) is 6.92 Å². The fourth-order valence-electron chi connectivity index (χ4n) is 1.97. The van der Waals surface area contributed by atoms with Gasteiger partial charge in [-0.2, -0.15) is 0 Å². The number of aryl methyl sites for hydroxylation is 1. The van der Waals surface area contributed by atoms with Crippen molar-refractivity contribution in [2.75, 3.05) is 7.11 Å². The van der Waals surface area contributed by atoms with Gasteiger partial charge >= 0.3 is 0 Å². The van der Waals surface area contributed by atoms with Crippen molar-refractivity contribution in [1.82, 2.24) is 0 Å². The molecular formula is C19H20O3. The molecule has 0 saturated carbocycles. The Balaban J connectivity index is 2.15. The molecule has 2 rings (SSSR count). The number of rotatable bonds is 6. The van der Waals surface area contributed by atoms with Crippen molar-refractivity contribution in [2.24, 2.45) is 0 Å². The van der Waals surface area contributed by atoms with Gasteiger partial charge in [-0.15, -0.1) is 0 Å². The van der Waals surface area contributed by atoms with Crippen LogP contribution in [0.3, 0.4) is 0 Å². The Labute approximate surface area is 131 Å². The minimum atomic E-state index is 0.0120. The van der Waals surface area contributed by atoms with E-state index in [1.54, 1.807) is 13.2 Å². The summed E-state index contributed by atoms with van der Waals surface area (Å²) in [5, 5.41) is 0. The van der Waals surface area contributed by atoms with Gasteiger partial charge in [0.2, 0.25) is 0 Å². The number of ketones is 1. The largest absolute Gasteiger partial charge is 0.493 e. The Bertz CT molecular complexity index is 670. The van der Waals surface area contributed by atoms with Gasteiger partial charge in [-0.1, -0.05) is 42.0 Å². The Kier molecular flexibility index (Phi) is 5.37. The average molecular weight is 296 g/mol. The van der Waals surface area contributed by atoms with Gasteiger partial charge in [0.15, 0.2) is 17.3 Å². The summed E-state index contributed by atoms with van der Waals surface area (Å²) in [4.78, 5) is 11.0. The Morgan fingerprint density at radius 2 is 1.82 bits per heavy atom. The van der Waals surface area contributed by atoms with E-state index < -0.39 is 0 Å². The molecule has 0 radical (unpaired) electrons. The van der Waals surface area contributed by atoms with Crippen molar-refractivity contribution in [3.63, 3.8) is 0 Å². The first-order chi connectivity index (χ1) is 10.6. The second-order valence-corrected chi connectivity index (χ2v) is 5.13. The normalized spacial score (nSPS) is 10.7. The predicted octanol–water partition coefficient (Wildman–Crippen LogP) is 4.18. The van der Waals surface area contributed by atoms with E-state index in [2.05, 4.69) is 19.1 Å². The van der Waals surface area contributed by atoms with Crippen LogP contribution in [0.5, 0.6) is 11.5 Å². The molecule has 0 atom stereocenters. The number of carbonyl (C=O) groups is 1. The first kappa shape index (κ1) is 15.8. The van der Waals surface area contributed by atoms with Crippen LogP contribution in [0.15, 0.2) is 48.5 Å². The zero-order valence-electron chi connectivity index (χ0n) is 13.1. The second kappa shape index (κ2) is 7.46. The molecule has 3 nitrogen and oxygen atoms in total. The van der Waals surface area contributed by atoms with Crippen molar-refractivity contribution in [1.29, 1.82) is 0 Å². The van der Waals surface area contributed by atoms with Crippen LogP contribution in [0.1, 0.15) is 23.6 Å². The van der Waals surface area contributed by atoms with Crippen LogP contribution in [-0.4, -0.2) is 12.9 Å². The van der Waals surface area contributed by atoms with Gasteiger partial charge in [0, 0.05) is 0 Å². The third-order valence-corrected chi connectivity index (χ3v) is 3.21. The lowest BCUT2D eigenvalue weighted by atomic mass is 10.1. The predicted molar refractivity (Wildman–Crippen MR) is 88.2 cm³/mol. The van der Waals surface area contributed by atoms with Crippen molar-refractivity contribution in [3.8, 4) is 11.5 Å². The summed E-state index contributed by atoms with van der Waals surface area (Å²) in [6, 6.07) is 13.8. The summed E-state index contributed by atoms with van der Waals surface area (Å²) in [5.41, 5.74) is 3.21. The summed E-state index contributed by atoms with van der Waals surface area (Å²) in [7, 11) is 1.61. The van der Waals surface area contributed by atoms with E-state index in [-0.39, 0.29) is 5.78 Å². The smallest absolute Gasteiger partial charge is 0.162 e. The molecule has 3 heteroatoms. The van der Waals surface area contributed by atoms with E-state index in [0.29, 0.717) is 18.1 Å². The highest BCUT2D eigenvalue weighted by molar-refractivity contribution is 5.91. The molecule has 0 bridgehead atoms. The monoisotopic (exact) mass is 296 g/mol. The third kappa shape index (κ3) is 4.48. The molecule has 2 aromatic carbocycles. The van der Waals surface area contributed by atoms with Gasteiger partial charge < -0.3 is 9.47 Å². The zero-order valence-corrected chi connectivity index (χ0v) is 13.1. The number of hydrogen-bond donors (Lipinski definition) is 0. The number of benzene rings is 2. The zero-order chi connectivity index (χ0) is 15.9. The van der Waals surface area contributed by atoms with Gasteiger partial charge in [-0.25, -0.2) is 0 Å². The lowest BCUT2D eigenvalue weighted by Crippen LogP contribution is -1.98. The molecular weight excluding hydrogens is 276 g/mol. The van der Waals surface area contributed by atoms with Crippen LogP contribution < -0.4 is 9.47 Å². The van der Waals surface area contributed by atoms with Crippen molar-refractivity contribution < 1.29 is 14.3 Å². The molecule has 0 heterocycles.